The molecule has 0 spiro atoms. The van der Waals surface area contributed by atoms with Crippen molar-refractivity contribution in [3.63, 3.8) is 0 Å². The quantitative estimate of drug-likeness (QED) is 0.891. The summed E-state index contributed by atoms with van der Waals surface area (Å²) in [7, 11) is 0. The molecule has 1 aliphatic rings. The summed E-state index contributed by atoms with van der Waals surface area (Å²) in [6.07, 6.45) is 1.98. The number of piperidine rings is 1. The first-order valence-corrected chi connectivity index (χ1v) is 6.80. The van der Waals surface area contributed by atoms with Crippen molar-refractivity contribution in [2.45, 2.75) is 32.7 Å². The van der Waals surface area contributed by atoms with Crippen LogP contribution in [0.15, 0.2) is 18.2 Å². The molecule has 3 nitrogen and oxygen atoms in total. The number of carbonyl (C=O) groups is 1. The van der Waals surface area contributed by atoms with Crippen LogP contribution in [0.4, 0.5) is 4.39 Å². The predicted molar refractivity (Wildman–Crippen MR) is 73.4 cm³/mol. The third-order valence-electron chi connectivity index (χ3n) is 3.84. The van der Waals surface area contributed by atoms with Gasteiger partial charge in [-0.1, -0.05) is 6.07 Å². The van der Waals surface area contributed by atoms with Gasteiger partial charge in [0.25, 0.3) is 5.91 Å². The summed E-state index contributed by atoms with van der Waals surface area (Å²) in [5.41, 5.74) is 6.89. The lowest BCUT2D eigenvalue weighted by molar-refractivity contribution is 0.0656. The largest absolute Gasteiger partial charge is 0.338 e. The molecule has 0 radical (unpaired) electrons. The Balaban J connectivity index is 2.15. The highest BCUT2D eigenvalue weighted by Crippen LogP contribution is 2.21. The van der Waals surface area contributed by atoms with E-state index in [1.807, 2.05) is 13.8 Å². The van der Waals surface area contributed by atoms with Gasteiger partial charge in [0.1, 0.15) is 5.82 Å². The van der Waals surface area contributed by atoms with Crippen LogP contribution in [0, 0.1) is 18.7 Å². The number of aryl methyl sites for hydroxylation is 1. The van der Waals surface area contributed by atoms with E-state index in [0.717, 1.165) is 18.4 Å². The monoisotopic (exact) mass is 264 g/mol. The second kappa shape index (κ2) is 5.70. The van der Waals surface area contributed by atoms with E-state index in [1.54, 1.807) is 17.0 Å². The molecule has 1 aliphatic heterocycles. The fraction of sp³-hybridized carbons (Fsp3) is 0.533. The predicted octanol–water partition coefficient (Wildman–Crippen LogP) is 2.33. The van der Waals surface area contributed by atoms with Crippen molar-refractivity contribution in [3.05, 3.63) is 35.1 Å². The van der Waals surface area contributed by atoms with Gasteiger partial charge in [-0.15, -0.1) is 0 Å². The SMILES string of the molecule is Cc1ccc(C(=O)N2CCC[C@H]([C@H](C)N)C2)c(F)c1. The molecule has 0 unspecified atom stereocenters. The van der Waals surface area contributed by atoms with Crippen LogP contribution < -0.4 is 5.73 Å². The molecule has 1 fully saturated rings. The smallest absolute Gasteiger partial charge is 0.256 e. The van der Waals surface area contributed by atoms with Gasteiger partial charge < -0.3 is 10.6 Å². The molecular formula is C15H21FN2O. The lowest BCUT2D eigenvalue weighted by Gasteiger charge is -2.34. The topological polar surface area (TPSA) is 46.3 Å². The Labute approximate surface area is 113 Å². The van der Waals surface area contributed by atoms with Crippen molar-refractivity contribution in [3.8, 4) is 0 Å². The van der Waals surface area contributed by atoms with Gasteiger partial charge in [-0.25, -0.2) is 4.39 Å². The van der Waals surface area contributed by atoms with E-state index >= 15 is 0 Å². The Morgan fingerprint density at radius 3 is 2.89 bits per heavy atom. The number of amides is 1. The van der Waals surface area contributed by atoms with Crippen LogP contribution in [0.5, 0.6) is 0 Å². The van der Waals surface area contributed by atoms with Gasteiger partial charge in [-0.2, -0.15) is 0 Å². The summed E-state index contributed by atoms with van der Waals surface area (Å²) in [4.78, 5) is 14.1. The van der Waals surface area contributed by atoms with Crippen LogP contribution in [-0.4, -0.2) is 29.9 Å². The molecule has 19 heavy (non-hydrogen) atoms. The van der Waals surface area contributed by atoms with E-state index < -0.39 is 5.82 Å². The van der Waals surface area contributed by atoms with Gasteiger partial charge in [0.15, 0.2) is 0 Å². The molecule has 4 heteroatoms. The number of carbonyl (C=O) groups excluding carboxylic acids is 1. The summed E-state index contributed by atoms with van der Waals surface area (Å²) in [5.74, 6) is -0.345. The minimum absolute atomic E-state index is 0.0680. The molecule has 1 aromatic rings. The molecule has 2 rings (SSSR count). The van der Waals surface area contributed by atoms with Gasteiger partial charge in [-0.3, -0.25) is 4.79 Å². The van der Waals surface area contributed by atoms with Crippen LogP contribution in [-0.2, 0) is 0 Å². The number of nitrogens with zero attached hydrogens (tertiary/aromatic N) is 1. The maximum absolute atomic E-state index is 13.8. The van der Waals surface area contributed by atoms with Crippen molar-refractivity contribution in [1.29, 1.82) is 0 Å². The fourth-order valence-electron chi connectivity index (χ4n) is 2.59. The Morgan fingerprint density at radius 2 is 2.26 bits per heavy atom. The molecule has 0 saturated carbocycles. The van der Waals surface area contributed by atoms with E-state index in [0.29, 0.717) is 19.0 Å². The molecule has 2 atom stereocenters. The van der Waals surface area contributed by atoms with Crippen LogP contribution in [0.25, 0.3) is 0 Å². The standard InChI is InChI=1S/C15H21FN2O/c1-10-5-6-13(14(16)8-10)15(19)18-7-3-4-12(9-18)11(2)17/h5-6,8,11-12H,3-4,7,9,17H2,1-2H3/t11-,12-/m0/s1. The summed E-state index contributed by atoms with van der Waals surface area (Å²) in [6, 6.07) is 4.81. The molecule has 0 bridgehead atoms. The zero-order valence-corrected chi connectivity index (χ0v) is 11.5. The number of likely N-dealkylation sites (tertiary alicyclic amines) is 1. The maximum atomic E-state index is 13.8. The molecule has 0 aliphatic carbocycles. The summed E-state index contributed by atoms with van der Waals surface area (Å²) in [5, 5.41) is 0. The molecule has 0 aromatic heterocycles. The summed E-state index contributed by atoms with van der Waals surface area (Å²) < 4.78 is 13.8. The second-order valence-electron chi connectivity index (χ2n) is 5.50. The number of hydrogen-bond acceptors (Lipinski definition) is 2. The number of hydrogen-bond donors (Lipinski definition) is 1. The van der Waals surface area contributed by atoms with E-state index in [-0.39, 0.29) is 17.5 Å². The third kappa shape index (κ3) is 3.13. The van der Waals surface area contributed by atoms with E-state index in [2.05, 4.69) is 0 Å². The first kappa shape index (κ1) is 14.0. The highest BCUT2D eigenvalue weighted by atomic mass is 19.1. The van der Waals surface area contributed by atoms with E-state index in [1.165, 1.54) is 6.07 Å². The normalized spacial score (nSPS) is 21.3. The Hall–Kier alpha value is -1.42. The lowest BCUT2D eigenvalue weighted by atomic mass is 9.92. The Kier molecular flexibility index (Phi) is 4.20. The molecular weight excluding hydrogens is 243 g/mol. The molecule has 104 valence electrons. The fourth-order valence-corrected chi connectivity index (χ4v) is 2.59. The van der Waals surface area contributed by atoms with Crippen molar-refractivity contribution in [2.24, 2.45) is 11.7 Å². The average Bonchev–Trinajstić information content (AvgIpc) is 2.38. The molecule has 1 heterocycles. The molecule has 1 amide bonds. The minimum atomic E-state index is -0.437. The maximum Gasteiger partial charge on any atom is 0.256 e. The number of rotatable bonds is 2. The van der Waals surface area contributed by atoms with Crippen molar-refractivity contribution < 1.29 is 9.18 Å². The van der Waals surface area contributed by atoms with Crippen molar-refractivity contribution in [2.75, 3.05) is 13.1 Å². The lowest BCUT2D eigenvalue weighted by Crippen LogP contribution is -2.45. The van der Waals surface area contributed by atoms with Gasteiger partial charge in [0.2, 0.25) is 0 Å². The highest BCUT2D eigenvalue weighted by Gasteiger charge is 2.27. The van der Waals surface area contributed by atoms with Gasteiger partial charge >= 0.3 is 0 Å². The van der Waals surface area contributed by atoms with Crippen LogP contribution in [0.2, 0.25) is 0 Å². The van der Waals surface area contributed by atoms with E-state index in [9.17, 15) is 9.18 Å². The summed E-state index contributed by atoms with van der Waals surface area (Å²) >= 11 is 0. The van der Waals surface area contributed by atoms with Crippen LogP contribution in [0.1, 0.15) is 35.7 Å². The number of nitrogens with two attached hydrogens (primary N) is 1. The zero-order chi connectivity index (χ0) is 14.0. The average molecular weight is 264 g/mol. The van der Waals surface area contributed by atoms with Crippen molar-refractivity contribution >= 4 is 5.91 Å². The van der Waals surface area contributed by atoms with Crippen molar-refractivity contribution in [1.82, 2.24) is 4.90 Å². The minimum Gasteiger partial charge on any atom is -0.338 e. The first-order valence-electron chi connectivity index (χ1n) is 6.80. The van der Waals surface area contributed by atoms with Gasteiger partial charge in [0, 0.05) is 19.1 Å². The highest BCUT2D eigenvalue weighted by molar-refractivity contribution is 5.94. The van der Waals surface area contributed by atoms with E-state index in [4.69, 9.17) is 5.73 Å². The number of benzene rings is 1. The van der Waals surface area contributed by atoms with Gasteiger partial charge in [-0.05, 0) is 50.3 Å². The van der Waals surface area contributed by atoms with Crippen LogP contribution >= 0.6 is 0 Å². The zero-order valence-electron chi connectivity index (χ0n) is 11.5. The Morgan fingerprint density at radius 1 is 1.53 bits per heavy atom. The van der Waals surface area contributed by atoms with Gasteiger partial charge in [0.05, 0.1) is 5.56 Å². The second-order valence-corrected chi connectivity index (χ2v) is 5.50. The number of halogens is 1. The first-order chi connectivity index (χ1) is 8.99. The summed E-state index contributed by atoms with van der Waals surface area (Å²) in [6.45, 7) is 5.09. The molecule has 1 saturated heterocycles. The molecule has 2 N–H and O–H groups in total. The van der Waals surface area contributed by atoms with Crippen LogP contribution in [0.3, 0.4) is 0 Å². The molecule has 1 aromatic carbocycles. The third-order valence-corrected chi connectivity index (χ3v) is 3.84. The Bertz CT molecular complexity index is 473.